The Morgan fingerprint density at radius 1 is 1.00 bits per heavy atom. The number of aromatic nitrogens is 4. The van der Waals surface area contributed by atoms with Crippen LogP contribution in [0.5, 0.6) is 5.75 Å². The predicted octanol–water partition coefficient (Wildman–Crippen LogP) is 4.18. The summed E-state index contributed by atoms with van der Waals surface area (Å²) in [5, 5.41) is 0.983. The molecule has 0 spiro atoms. The first-order valence-electron chi connectivity index (χ1n) is 10.1. The van der Waals surface area contributed by atoms with Crippen LogP contribution in [0.4, 0.5) is 0 Å². The molecule has 0 N–H and O–H groups in total. The van der Waals surface area contributed by atoms with Crippen molar-refractivity contribution in [1.29, 1.82) is 0 Å². The van der Waals surface area contributed by atoms with Gasteiger partial charge in [0.05, 0.1) is 29.5 Å². The molecule has 3 aromatic heterocycles. The van der Waals surface area contributed by atoms with E-state index in [1.807, 2.05) is 79.2 Å². The minimum Gasteiger partial charge on any atom is -0.497 e. The molecule has 0 bridgehead atoms. The lowest BCUT2D eigenvalue weighted by molar-refractivity contribution is 0.414. The van der Waals surface area contributed by atoms with Gasteiger partial charge in [-0.2, -0.15) is 0 Å². The summed E-state index contributed by atoms with van der Waals surface area (Å²) < 4.78 is 9.01. The van der Waals surface area contributed by atoms with Crippen molar-refractivity contribution < 1.29 is 4.74 Å². The molecule has 0 saturated heterocycles. The number of hydrogen-bond acceptors (Lipinski definition) is 4. The van der Waals surface area contributed by atoms with Crippen LogP contribution in [-0.4, -0.2) is 26.2 Å². The fourth-order valence-corrected chi connectivity index (χ4v) is 4.12. The third-order valence-electron chi connectivity index (χ3n) is 5.73. The van der Waals surface area contributed by atoms with Crippen molar-refractivity contribution in [3.8, 4) is 11.4 Å². The Morgan fingerprint density at radius 2 is 1.77 bits per heavy atom. The van der Waals surface area contributed by atoms with E-state index < -0.39 is 0 Å². The fourth-order valence-electron chi connectivity index (χ4n) is 4.12. The molecule has 154 valence electrons. The van der Waals surface area contributed by atoms with Crippen LogP contribution in [0.2, 0.25) is 0 Å². The minimum atomic E-state index is -0.138. The Hall–Kier alpha value is -3.93. The van der Waals surface area contributed by atoms with E-state index in [-0.39, 0.29) is 5.56 Å². The second kappa shape index (κ2) is 7.40. The Balaban J connectivity index is 1.77. The number of benzene rings is 2. The number of nitrogens with zero attached hydrogens (tertiary/aromatic N) is 4. The summed E-state index contributed by atoms with van der Waals surface area (Å²) in [5.74, 6) is 1.65. The standard InChI is InChI=1S/C25H22N4O2/c1-16-20(9-6-14-26-16)29-21-8-5-4-7-19(21)24-23(25(29)30)27-22(28(24)2)15-17-10-12-18(31-3)13-11-17/h4-14H,15H2,1-3H3. The first-order chi connectivity index (χ1) is 15.1. The van der Waals surface area contributed by atoms with Gasteiger partial charge in [-0.05, 0) is 42.8 Å². The zero-order chi connectivity index (χ0) is 21.5. The smallest absolute Gasteiger partial charge is 0.283 e. The van der Waals surface area contributed by atoms with Crippen LogP contribution in [0.15, 0.2) is 71.7 Å². The fraction of sp³-hybridized carbons (Fsp3) is 0.160. The molecular weight excluding hydrogens is 388 g/mol. The zero-order valence-electron chi connectivity index (χ0n) is 17.7. The first-order valence-corrected chi connectivity index (χ1v) is 10.1. The molecule has 0 aliphatic carbocycles. The van der Waals surface area contributed by atoms with Crippen LogP contribution in [0, 0.1) is 6.92 Å². The number of pyridine rings is 2. The van der Waals surface area contributed by atoms with Crippen molar-refractivity contribution in [2.75, 3.05) is 7.11 Å². The van der Waals surface area contributed by atoms with Crippen LogP contribution in [0.1, 0.15) is 17.1 Å². The van der Waals surface area contributed by atoms with Crippen LogP contribution in [-0.2, 0) is 13.5 Å². The maximum absolute atomic E-state index is 13.6. The van der Waals surface area contributed by atoms with E-state index in [0.717, 1.165) is 44.9 Å². The molecule has 31 heavy (non-hydrogen) atoms. The van der Waals surface area contributed by atoms with E-state index in [2.05, 4.69) is 4.98 Å². The Morgan fingerprint density at radius 3 is 2.52 bits per heavy atom. The van der Waals surface area contributed by atoms with Gasteiger partial charge in [0.25, 0.3) is 5.56 Å². The summed E-state index contributed by atoms with van der Waals surface area (Å²) in [6.07, 6.45) is 2.35. The molecule has 0 aliphatic heterocycles. The largest absolute Gasteiger partial charge is 0.497 e. The van der Waals surface area contributed by atoms with Gasteiger partial charge < -0.3 is 9.30 Å². The highest BCUT2D eigenvalue weighted by Gasteiger charge is 2.19. The Bertz CT molecular complexity index is 1480. The summed E-state index contributed by atoms with van der Waals surface area (Å²) in [6, 6.07) is 19.6. The molecule has 5 aromatic rings. The Labute approximate surface area is 179 Å². The van der Waals surface area contributed by atoms with E-state index >= 15 is 0 Å². The number of ether oxygens (including phenoxy) is 1. The maximum Gasteiger partial charge on any atom is 0.283 e. The van der Waals surface area contributed by atoms with Gasteiger partial charge in [-0.15, -0.1) is 0 Å². The van der Waals surface area contributed by atoms with Crippen molar-refractivity contribution in [2.24, 2.45) is 7.05 Å². The lowest BCUT2D eigenvalue weighted by atomic mass is 10.1. The molecule has 0 amide bonds. The lowest BCUT2D eigenvalue weighted by Gasteiger charge is -2.13. The molecular formula is C25H22N4O2. The zero-order valence-corrected chi connectivity index (χ0v) is 17.7. The maximum atomic E-state index is 13.6. The quantitative estimate of drug-likeness (QED) is 0.446. The number of para-hydroxylation sites is 1. The van der Waals surface area contributed by atoms with Crippen LogP contribution >= 0.6 is 0 Å². The number of aryl methyl sites for hydroxylation is 2. The monoisotopic (exact) mass is 410 g/mol. The SMILES string of the molecule is COc1ccc(Cc2nc3c(=O)n(-c4cccnc4C)c4ccccc4c3n2C)cc1. The molecule has 0 atom stereocenters. The third kappa shape index (κ3) is 3.08. The van der Waals surface area contributed by atoms with Gasteiger partial charge in [-0.25, -0.2) is 4.98 Å². The van der Waals surface area contributed by atoms with Gasteiger partial charge in [0.1, 0.15) is 11.6 Å². The summed E-state index contributed by atoms with van der Waals surface area (Å²) in [4.78, 5) is 22.8. The normalized spacial score (nSPS) is 11.3. The Kier molecular flexibility index (Phi) is 4.55. The van der Waals surface area contributed by atoms with Crippen LogP contribution in [0.3, 0.4) is 0 Å². The highest BCUT2D eigenvalue weighted by molar-refractivity contribution is 6.03. The topological polar surface area (TPSA) is 61.9 Å². The molecule has 5 rings (SSSR count). The molecule has 0 saturated carbocycles. The highest BCUT2D eigenvalue weighted by atomic mass is 16.5. The second-order valence-corrected chi connectivity index (χ2v) is 7.57. The van der Waals surface area contributed by atoms with Crippen molar-refractivity contribution in [3.05, 3.63) is 94.3 Å². The number of fused-ring (bicyclic) bond motifs is 3. The van der Waals surface area contributed by atoms with E-state index in [4.69, 9.17) is 9.72 Å². The lowest BCUT2D eigenvalue weighted by Crippen LogP contribution is -2.20. The number of methoxy groups -OCH3 is 1. The van der Waals surface area contributed by atoms with E-state index in [1.165, 1.54) is 0 Å². The summed E-state index contributed by atoms with van der Waals surface area (Å²) in [6.45, 7) is 1.91. The van der Waals surface area contributed by atoms with E-state index in [9.17, 15) is 4.79 Å². The minimum absolute atomic E-state index is 0.138. The summed E-state index contributed by atoms with van der Waals surface area (Å²) in [5.41, 5.74) is 4.69. The van der Waals surface area contributed by atoms with Gasteiger partial charge in [0, 0.05) is 25.1 Å². The molecule has 0 fully saturated rings. The third-order valence-corrected chi connectivity index (χ3v) is 5.73. The summed E-state index contributed by atoms with van der Waals surface area (Å²) in [7, 11) is 3.63. The van der Waals surface area contributed by atoms with Crippen molar-refractivity contribution in [1.82, 2.24) is 19.1 Å². The van der Waals surface area contributed by atoms with Crippen LogP contribution < -0.4 is 10.3 Å². The summed E-state index contributed by atoms with van der Waals surface area (Å²) >= 11 is 0. The molecule has 2 aromatic carbocycles. The average Bonchev–Trinajstić information content (AvgIpc) is 3.12. The number of hydrogen-bond donors (Lipinski definition) is 0. The van der Waals surface area contributed by atoms with E-state index in [0.29, 0.717) is 11.9 Å². The van der Waals surface area contributed by atoms with Gasteiger partial charge in [-0.3, -0.25) is 14.3 Å². The highest BCUT2D eigenvalue weighted by Crippen LogP contribution is 2.27. The van der Waals surface area contributed by atoms with Crippen LogP contribution in [0.25, 0.3) is 27.6 Å². The molecule has 0 unspecified atom stereocenters. The molecule has 0 aliphatic rings. The number of imidazole rings is 1. The molecule has 6 heteroatoms. The van der Waals surface area contributed by atoms with Crippen molar-refractivity contribution >= 4 is 21.9 Å². The van der Waals surface area contributed by atoms with Gasteiger partial charge in [0.2, 0.25) is 0 Å². The van der Waals surface area contributed by atoms with Crippen molar-refractivity contribution in [3.63, 3.8) is 0 Å². The number of rotatable bonds is 4. The molecule has 6 nitrogen and oxygen atoms in total. The van der Waals surface area contributed by atoms with Gasteiger partial charge >= 0.3 is 0 Å². The second-order valence-electron chi connectivity index (χ2n) is 7.57. The van der Waals surface area contributed by atoms with Gasteiger partial charge in [0.15, 0.2) is 5.52 Å². The first kappa shape index (κ1) is 19.1. The van der Waals surface area contributed by atoms with Crippen molar-refractivity contribution in [2.45, 2.75) is 13.3 Å². The molecule has 0 radical (unpaired) electrons. The van der Waals surface area contributed by atoms with E-state index in [1.54, 1.807) is 17.9 Å². The molecule has 3 heterocycles. The average molecular weight is 410 g/mol. The van der Waals surface area contributed by atoms with Gasteiger partial charge in [-0.1, -0.05) is 30.3 Å². The predicted molar refractivity (Wildman–Crippen MR) is 122 cm³/mol.